The second-order valence-electron chi connectivity index (χ2n) is 7.93. The Labute approximate surface area is 177 Å². The molecule has 0 saturated carbocycles. The smallest absolute Gasteiger partial charge is 0.270 e. The summed E-state index contributed by atoms with van der Waals surface area (Å²) in [6.45, 7) is 4.80. The number of hydrogen-bond acceptors (Lipinski definition) is 5. The number of nitrogens with one attached hydrogen (secondary N) is 2. The summed E-state index contributed by atoms with van der Waals surface area (Å²) in [6.07, 6.45) is 5.66. The molecule has 0 radical (unpaired) electrons. The number of halogens is 1. The maximum Gasteiger partial charge on any atom is 0.270 e. The lowest BCUT2D eigenvalue weighted by Gasteiger charge is -2.11. The van der Waals surface area contributed by atoms with Crippen molar-refractivity contribution in [3.8, 4) is 11.3 Å². The van der Waals surface area contributed by atoms with Gasteiger partial charge in [-0.1, -0.05) is 17.4 Å². The van der Waals surface area contributed by atoms with E-state index in [2.05, 4.69) is 20.6 Å². The quantitative estimate of drug-likeness (QED) is 0.513. The van der Waals surface area contributed by atoms with Crippen LogP contribution in [0.25, 0.3) is 26.4 Å². The summed E-state index contributed by atoms with van der Waals surface area (Å²) in [5.41, 5.74) is 3.29. The lowest BCUT2D eigenvalue weighted by Crippen LogP contribution is -2.30. The maximum absolute atomic E-state index is 14.9. The summed E-state index contributed by atoms with van der Waals surface area (Å²) in [6, 6.07) is 7.46. The molecular weight excluding hydrogens is 401 g/mol. The predicted octanol–water partition coefficient (Wildman–Crippen LogP) is 4.31. The molecule has 8 heteroatoms. The fraction of sp³-hybridized carbons (Fsp3) is 0.318. The van der Waals surface area contributed by atoms with Crippen LogP contribution in [0.4, 0.5) is 4.39 Å². The van der Waals surface area contributed by atoms with Gasteiger partial charge in [0.05, 0.1) is 22.1 Å². The molecule has 4 aromatic rings. The zero-order chi connectivity index (χ0) is 20.8. The van der Waals surface area contributed by atoms with Gasteiger partial charge in [-0.3, -0.25) is 9.20 Å². The van der Waals surface area contributed by atoms with Gasteiger partial charge in [0.25, 0.3) is 5.91 Å². The van der Waals surface area contributed by atoms with Gasteiger partial charge in [0.1, 0.15) is 11.5 Å². The number of rotatable bonds is 4. The minimum atomic E-state index is -0.262. The van der Waals surface area contributed by atoms with E-state index in [0.717, 1.165) is 40.1 Å². The number of aromatic nitrogens is 3. The number of fused-ring (bicyclic) bond motifs is 3. The van der Waals surface area contributed by atoms with Crippen molar-refractivity contribution in [3.63, 3.8) is 0 Å². The zero-order valence-electron chi connectivity index (χ0n) is 16.8. The van der Waals surface area contributed by atoms with E-state index >= 15 is 0 Å². The highest BCUT2D eigenvalue weighted by Crippen LogP contribution is 2.32. The van der Waals surface area contributed by atoms with Gasteiger partial charge in [0.15, 0.2) is 4.96 Å². The first-order chi connectivity index (χ1) is 14.5. The van der Waals surface area contributed by atoms with Crippen LogP contribution in [0, 0.1) is 5.82 Å². The van der Waals surface area contributed by atoms with Crippen LogP contribution in [-0.4, -0.2) is 32.9 Å². The van der Waals surface area contributed by atoms with Crippen molar-refractivity contribution in [3.05, 3.63) is 53.7 Å². The highest BCUT2D eigenvalue weighted by Gasteiger charge is 2.19. The number of carbonyl (C=O) groups excluding carboxylic acids is 1. The van der Waals surface area contributed by atoms with E-state index < -0.39 is 0 Å². The van der Waals surface area contributed by atoms with Crippen molar-refractivity contribution >= 4 is 32.4 Å². The lowest BCUT2D eigenvalue weighted by molar-refractivity contribution is 0.0938. The van der Waals surface area contributed by atoms with Crippen LogP contribution in [-0.2, 0) is 0 Å². The predicted molar refractivity (Wildman–Crippen MR) is 116 cm³/mol. The Hall–Kier alpha value is -2.84. The molecule has 1 aliphatic rings. The van der Waals surface area contributed by atoms with Gasteiger partial charge in [0, 0.05) is 23.8 Å². The van der Waals surface area contributed by atoms with Gasteiger partial charge in [-0.25, -0.2) is 14.4 Å². The minimum absolute atomic E-state index is 0.0453. The van der Waals surface area contributed by atoms with Crippen molar-refractivity contribution in [1.29, 1.82) is 0 Å². The fourth-order valence-corrected chi connectivity index (χ4v) is 4.93. The summed E-state index contributed by atoms with van der Waals surface area (Å²) in [5.74, 6) is -0.459. The molecule has 3 aromatic heterocycles. The Kier molecular flexibility index (Phi) is 4.75. The molecule has 1 atom stereocenters. The Morgan fingerprint density at radius 1 is 1.37 bits per heavy atom. The van der Waals surface area contributed by atoms with E-state index in [-0.39, 0.29) is 23.8 Å². The zero-order valence-corrected chi connectivity index (χ0v) is 17.6. The molecule has 0 bridgehead atoms. The molecule has 1 unspecified atom stereocenters. The Morgan fingerprint density at radius 2 is 2.23 bits per heavy atom. The third-order valence-corrected chi connectivity index (χ3v) is 6.38. The van der Waals surface area contributed by atoms with Crippen LogP contribution in [0.5, 0.6) is 0 Å². The van der Waals surface area contributed by atoms with Crippen LogP contribution < -0.4 is 10.6 Å². The van der Waals surface area contributed by atoms with Crippen molar-refractivity contribution in [2.75, 3.05) is 6.54 Å². The van der Waals surface area contributed by atoms with Gasteiger partial charge in [-0.15, -0.1) is 0 Å². The van der Waals surface area contributed by atoms with Crippen LogP contribution in [0.1, 0.15) is 48.8 Å². The molecule has 30 heavy (non-hydrogen) atoms. The highest BCUT2D eigenvalue weighted by atomic mass is 32.1. The van der Waals surface area contributed by atoms with Crippen molar-refractivity contribution < 1.29 is 9.18 Å². The van der Waals surface area contributed by atoms with Crippen LogP contribution in [0.3, 0.4) is 0 Å². The molecule has 1 saturated heterocycles. The first-order valence-corrected chi connectivity index (χ1v) is 10.9. The molecule has 0 spiro atoms. The third-order valence-electron chi connectivity index (χ3n) is 5.36. The standard InChI is InChI=1S/C22H22FN5OS/c1-12(2)26-21(29)17-9-20-19(10-25-17)28-11-18(27-22(28)30-20)14-6-5-13(8-15(14)23)16-4-3-7-24-16/h5-6,8-12,16,24H,3-4,7H2,1-2H3,(H,26,29). The number of imidazole rings is 1. The normalized spacial score (nSPS) is 16.7. The molecule has 1 amide bonds. The van der Waals surface area contributed by atoms with Crippen LogP contribution in [0.2, 0.25) is 0 Å². The molecule has 6 nitrogen and oxygen atoms in total. The number of thiazole rings is 1. The maximum atomic E-state index is 14.9. The van der Waals surface area contributed by atoms with Crippen LogP contribution >= 0.6 is 11.3 Å². The van der Waals surface area contributed by atoms with Gasteiger partial charge >= 0.3 is 0 Å². The summed E-state index contributed by atoms with van der Waals surface area (Å²) < 4.78 is 17.7. The topological polar surface area (TPSA) is 71.3 Å². The fourth-order valence-electron chi connectivity index (χ4n) is 3.91. The average Bonchev–Trinajstić information content (AvgIpc) is 3.43. The number of amides is 1. The molecule has 2 N–H and O–H groups in total. The first-order valence-electron chi connectivity index (χ1n) is 10.1. The number of pyridine rings is 1. The average molecular weight is 424 g/mol. The van der Waals surface area contributed by atoms with Gasteiger partial charge < -0.3 is 10.6 Å². The largest absolute Gasteiger partial charge is 0.349 e. The number of carbonyl (C=O) groups is 1. The first kappa shape index (κ1) is 19.1. The van der Waals surface area contributed by atoms with E-state index in [4.69, 9.17) is 0 Å². The number of benzene rings is 1. The summed E-state index contributed by atoms with van der Waals surface area (Å²) in [4.78, 5) is 21.9. The van der Waals surface area contributed by atoms with E-state index in [1.807, 2.05) is 36.6 Å². The molecule has 4 heterocycles. The molecule has 5 rings (SSSR count). The summed E-state index contributed by atoms with van der Waals surface area (Å²) in [5, 5.41) is 6.25. The number of hydrogen-bond donors (Lipinski definition) is 2. The second-order valence-corrected chi connectivity index (χ2v) is 8.94. The van der Waals surface area contributed by atoms with E-state index in [0.29, 0.717) is 17.0 Å². The molecule has 1 aliphatic heterocycles. The second kappa shape index (κ2) is 7.45. The van der Waals surface area contributed by atoms with Gasteiger partial charge in [-0.2, -0.15) is 0 Å². The lowest BCUT2D eigenvalue weighted by atomic mass is 10.0. The molecular formula is C22H22FN5OS. The summed E-state index contributed by atoms with van der Waals surface area (Å²) >= 11 is 1.46. The van der Waals surface area contributed by atoms with Gasteiger partial charge in [-0.05, 0) is 57.0 Å². The Balaban J connectivity index is 1.48. The highest BCUT2D eigenvalue weighted by molar-refractivity contribution is 7.23. The Bertz CT molecular complexity index is 1260. The number of nitrogens with zero attached hydrogens (tertiary/aromatic N) is 3. The van der Waals surface area contributed by atoms with E-state index in [1.165, 1.54) is 11.3 Å². The van der Waals surface area contributed by atoms with E-state index in [9.17, 15) is 9.18 Å². The monoisotopic (exact) mass is 423 g/mol. The third kappa shape index (κ3) is 3.36. The molecule has 154 valence electrons. The van der Waals surface area contributed by atoms with Crippen molar-refractivity contribution in [2.24, 2.45) is 0 Å². The van der Waals surface area contributed by atoms with Crippen molar-refractivity contribution in [2.45, 2.75) is 38.8 Å². The van der Waals surface area contributed by atoms with Crippen molar-refractivity contribution in [1.82, 2.24) is 25.0 Å². The molecule has 0 aliphatic carbocycles. The summed E-state index contributed by atoms with van der Waals surface area (Å²) in [7, 11) is 0. The minimum Gasteiger partial charge on any atom is -0.349 e. The van der Waals surface area contributed by atoms with Crippen LogP contribution in [0.15, 0.2) is 36.7 Å². The molecule has 1 aromatic carbocycles. The van der Waals surface area contributed by atoms with E-state index in [1.54, 1.807) is 18.3 Å². The SMILES string of the molecule is CC(C)NC(=O)c1cc2sc3nc(-c4ccc(C5CCCN5)cc4F)cn3c2cn1. The molecule has 1 fully saturated rings. The Morgan fingerprint density at radius 3 is 2.97 bits per heavy atom. The van der Waals surface area contributed by atoms with Gasteiger partial charge in [0.2, 0.25) is 0 Å².